The highest BCUT2D eigenvalue weighted by Gasteiger charge is 2.54. The van der Waals surface area contributed by atoms with Gasteiger partial charge in [0.15, 0.2) is 0 Å². The van der Waals surface area contributed by atoms with E-state index in [2.05, 4.69) is 15.1 Å². The maximum atomic E-state index is 3.52. The second kappa shape index (κ2) is 5.01. The zero-order chi connectivity index (χ0) is 12.7. The Bertz CT molecular complexity index is 324. The molecule has 3 heteroatoms. The molecule has 0 aromatic rings. The maximum Gasteiger partial charge on any atom is 0.0223 e. The van der Waals surface area contributed by atoms with E-state index < -0.39 is 0 Å². The van der Waals surface area contributed by atoms with Gasteiger partial charge in [-0.3, -0.25) is 4.90 Å². The smallest absolute Gasteiger partial charge is 0.0223 e. The molecule has 3 saturated heterocycles. The molecule has 108 valence electrons. The Morgan fingerprint density at radius 2 is 1.95 bits per heavy atom. The monoisotopic (exact) mass is 263 g/mol. The Morgan fingerprint density at radius 1 is 1.05 bits per heavy atom. The summed E-state index contributed by atoms with van der Waals surface area (Å²) in [5.74, 6) is 1.03. The SMILES string of the molecule is C1CCN2CCN(CC3CC34CCNCC4)CC2C1. The summed E-state index contributed by atoms with van der Waals surface area (Å²) >= 11 is 0. The molecule has 19 heavy (non-hydrogen) atoms. The summed E-state index contributed by atoms with van der Waals surface area (Å²) in [7, 11) is 0. The van der Waals surface area contributed by atoms with Gasteiger partial charge in [-0.1, -0.05) is 6.42 Å². The second-order valence-electron chi connectivity index (χ2n) is 7.46. The van der Waals surface area contributed by atoms with Gasteiger partial charge >= 0.3 is 0 Å². The van der Waals surface area contributed by atoms with Gasteiger partial charge in [0.2, 0.25) is 0 Å². The molecule has 3 aliphatic heterocycles. The van der Waals surface area contributed by atoms with E-state index in [1.54, 1.807) is 0 Å². The van der Waals surface area contributed by atoms with Crippen molar-refractivity contribution in [3.8, 4) is 0 Å². The number of hydrogen-bond acceptors (Lipinski definition) is 3. The highest BCUT2D eigenvalue weighted by atomic mass is 15.3. The predicted molar refractivity (Wildman–Crippen MR) is 78.3 cm³/mol. The van der Waals surface area contributed by atoms with Crippen molar-refractivity contribution in [3.05, 3.63) is 0 Å². The molecule has 0 amide bonds. The fourth-order valence-corrected chi connectivity index (χ4v) is 4.92. The van der Waals surface area contributed by atoms with Crippen molar-refractivity contribution in [2.45, 2.75) is 44.6 Å². The van der Waals surface area contributed by atoms with Gasteiger partial charge in [-0.05, 0) is 63.1 Å². The first kappa shape index (κ1) is 12.6. The van der Waals surface area contributed by atoms with Crippen LogP contribution in [0, 0.1) is 11.3 Å². The van der Waals surface area contributed by atoms with E-state index in [0.29, 0.717) is 0 Å². The third-order valence-electron chi connectivity index (χ3n) is 6.36. The third-order valence-corrected chi connectivity index (χ3v) is 6.36. The van der Waals surface area contributed by atoms with Gasteiger partial charge in [-0.2, -0.15) is 0 Å². The lowest BCUT2D eigenvalue weighted by atomic mass is 9.91. The molecular formula is C16H29N3. The second-order valence-corrected chi connectivity index (χ2v) is 7.46. The lowest BCUT2D eigenvalue weighted by molar-refractivity contribution is 0.0445. The summed E-state index contributed by atoms with van der Waals surface area (Å²) < 4.78 is 0. The molecule has 2 unspecified atom stereocenters. The fourth-order valence-electron chi connectivity index (χ4n) is 4.92. The number of nitrogens with one attached hydrogen (secondary N) is 1. The number of hydrogen-bond donors (Lipinski definition) is 1. The molecule has 0 bridgehead atoms. The number of piperazine rings is 1. The number of rotatable bonds is 2. The minimum absolute atomic E-state index is 0.773. The molecule has 0 aromatic heterocycles. The first-order valence-corrected chi connectivity index (χ1v) is 8.53. The van der Waals surface area contributed by atoms with Crippen LogP contribution in [0.5, 0.6) is 0 Å². The van der Waals surface area contributed by atoms with E-state index in [1.165, 1.54) is 84.3 Å². The predicted octanol–water partition coefficient (Wildman–Crippen LogP) is 1.55. The van der Waals surface area contributed by atoms with Crippen LogP contribution in [0.25, 0.3) is 0 Å². The van der Waals surface area contributed by atoms with Gasteiger partial charge in [0.05, 0.1) is 0 Å². The first-order valence-electron chi connectivity index (χ1n) is 8.53. The van der Waals surface area contributed by atoms with Gasteiger partial charge in [-0.25, -0.2) is 0 Å². The summed E-state index contributed by atoms with van der Waals surface area (Å²) in [5, 5.41) is 3.52. The van der Waals surface area contributed by atoms with Crippen LogP contribution < -0.4 is 5.32 Å². The van der Waals surface area contributed by atoms with Crippen molar-refractivity contribution in [1.29, 1.82) is 0 Å². The molecule has 4 aliphatic rings. The Labute approximate surface area is 117 Å². The number of piperidine rings is 2. The van der Waals surface area contributed by atoms with Crippen molar-refractivity contribution in [2.24, 2.45) is 11.3 Å². The lowest BCUT2D eigenvalue weighted by Gasteiger charge is -2.44. The molecule has 2 atom stereocenters. The lowest BCUT2D eigenvalue weighted by Crippen LogP contribution is -2.55. The van der Waals surface area contributed by atoms with Crippen LogP contribution in [0.2, 0.25) is 0 Å². The van der Waals surface area contributed by atoms with Crippen LogP contribution in [-0.2, 0) is 0 Å². The standard InChI is InChI=1S/C16H29N3/c1-2-8-19-10-9-18(13-15(19)3-1)12-14-11-16(14)4-6-17-7-5-16/h14-15,17H,1-13H2. The average molecular weight is 263 g/mol. The highest BCUT2D eigenvalue weighted by molar-refractivity contribution is 5.05. The van der Waals surface area contributed by atoms with E-state index in [9.17, 15) is 0 Å². The molecule has 1 aliphatic carbocycles. The normalized spacial score (nSPS) is 39.2. The van der Waals surface area contributed by atoms with E-state index >= 15 is 0 Å². The van der Waals surface area contributed by atoms with Crippen LogP contribution >= 0.6 is 0 Å². The number of nitrogens with zero attached hydrogens (tertiary/aromatic N) is 2. The topological polar surface area (TPSA) is 18.5 Å². The Hall–Kier alpha value is -0.120. The molecule has 3 nitrogen and oxygen atoms in total. The molecular weight excluding hydrogens is 234 g/mol. The van der Waals surface area contributed by atoms with Crippen LogP contribution in [0.4, 0.5) is 0 Å². The first-order chi connectivity index (χ1) is 9.36. The van der Waals surface area contributed by atoms with Crippen molar-refractivity contribution in [1.82, 2.24) is 15.1 Å². The van der Waals surface area contributed by atoms with Crippen molar-refractivity contribution in [2.75, 3.05) is 45.8 Å². The van der Waals surface area contributed by atoms with Gasteiger partial charge in [0.1, 0.15) is 0 Å². The molecule has 4 fully saturated rings. The average Bonchev–Trinajstić information content (AvgIpc) is 3.11. The van der Waals surface area contributed by atoms with Gasteiger partial charge in [-0.15, -0.1) is 0 Å². The van der Waals surface area contributed by atoms with Gasteiger partial charge < -0.3 is 10.2 Å². The van der Waals surface area contributed by atoms with Crippen LogP contribution in [0.1, 0.15) is 38.5 Å². The van der Waals surface area contributed by atoms with Crippen LogP contribution in [0.15, 0.2) is 0 Å². The molecule has 1 spiro atoms. The van der Waals surface area contributed by atoms with Crippen LogP contribution in [0.3, 0.4) is 0 Å². The zero-order valence-electron chi connectivity index (χ0n) is 12.2. The van der Waals surface area contributed by atoms with Crippen molar-refractivity contribution < 1.29 is 0 Å². The fraction of sp³-hybridized carbons (Fsp3) is 1.00. The molecule has 0 aromatic carbocycles. The molecule has 1 saturated carbocycles. The van der Waals surface area contributed by atoms with E-state index in [0.717, 1.165) is 17.4 Å². The maximum absolute atomic E-state index is 3.52. The van der Waals surface area contributed by atoms with E-state index in [-0.39, 0.29) is 0 Å². The molecule has 0 radical (unpaired) electrons. The molecule has 1 N–H and O–H groups in total. The quantitative estimate of drug-likeness (QED) is 0.815. The summed E-state index contributed by atoms with van der Waals surface area (Å²) in [6, 6.07) is 0.894. The molecule has 4 rings (SSSR count). The van der Waals surface area contributed by atoms with E-state index in [1.807, 2.05) is 0 Å². The highest BCUT2D eigenvalue weighted by Crippen LogP contribution is 2.58. The van der Waals surface area contributed by atoms with Crippen LogP contribution in [-0.4, -0.2) is 61.7 Å². The summed E-state index contributed by atoms with van der Waals surface area (Å²) in [6.45, 7) is 9.36. The van der Waals surface area contributed by atoms with Gasteiger partial charge in [0, 0.05) is 32.2 Å². The minimum atomic E-state index is 0.773. The Balaban J connectivity index is 1.30. The Kier molecular flexibility index (Phi) is 3.33. The third kappa shape index (κ3) is 2.45. The summed E-state index contributed by atoms with van der Waals surface area (Å²) in [4.78, 5) is 5.56. The van der Waals surface area contributed by atoms with E-state index in [4.69, 9.17) is 0 Å². The summed E-state index contributed by atoms with van der Waals surface area (Å²) in [5.41, 5.74) is 0.773. The Morgan fingerprint density at radius 3 is 2.84 bits per heavy atom. The largest absolute Gasteiger partial charge is 0.317 e. The van der Waals surface area contributed by atoms with Crippen molar-refractivity contribution >= 4 is 0 Å². The van der Waals surface area contributed by atoms with Crippen molar-refractivity contribution in [3.63, 3.8) is 0 Å². The minimum Gasteiger partial charge on any atom is -0.317 e. The van der Waals surface area contributed by atoms with Gasteiger partial charge in [0.25, 0.3) is 0 Å². The zero-order valence-corrected chi connectivity index (χ0v) is 12.2. The number of fused-ring (bicyclic) bond motifs is 1. The molecule has 3 heterocycles. The summed E-state index contributed by atoms with van der Waals surface area (Å²) in [6.07, 6.45) is 8.78.